The van der Waals surface area contributed by atoms with Crippen molar-refractivity contribution in [3.63, 3.8) is 0 Å². The molecule has 0 amide bonds. The van der Waals surface area contributed by atoms with Gasteiger partial charge >= 0.3 is 11.9 Å². The summed E-state index contributed by atoms with van der Waals surface area (Å²) in [5.74, 6) is -2.15. The van der Waals surface area contributed by atoms with Crippen LogP contribution in [0.15, 0.2) is 0 Å². The van der Waals surface area contributed by atoms with Gasteiger partial charge in [0.25, 0.3) is 0 Å². The van der Waals surface area contributed by atoms with Gasteiger partial charge in [0.15, 0.2) is 5.41 Å². The molecule has 2 N–H and O–H groups in total. The fraction of sp³-hybridized carbons (Fsp3) is 0.818. The Bertz CT molecular complexity index is 258. The summed E-state index contributed by atoms with van der Waals surface area (Å²) in [7, 11) is 0. The molecule has 0 radical (unpaired) electrons. The van der Waals surface area contributed by atoms with E-state index < -0.39 is 17.4 Å². The van der Waals surface area contributed by atoms with E-state index in [2.05, 4.69) is 6.92 Å². The van der Waals surface area contributed by atoms with Crippen LogP contribution in [0, 0.1) is 17.3 Å². The molecule has 0 aromatic heterocycles. The molecular weight excluding hydrogens is 196 g/mol. The van der Waals surface area contributed by atoms with Crippen molar-refractivity contribution in [1.82, 2.24) is 0 Å². The highest BCUT2D eigenvalue weighted by atomic mass is 16.4. The molecule has 0 spiro atoms. The topological polar surface area (TPSA) is 74.6 Å². The van der Waals surface area contributed by atoms with Gasteiger partial charge in [-0.3, -0.25) is 9.59 Å². The monoisotopic (exact) mass is 214 g/mol. The van der Waals surface area contributed by atoms with Gasteiger partial charge in [-0.05, 0) is 31.1 Å². The van der Waals surface area contributed by atoms with Crippen LogP contribution in [0.1, 0.15) is 39.5 Å². The number of carboxylic acids is 2. The van der Waals surface area contributed by atoms with Crippen molar-refractivity contribution in [2.24, 2.45) is 17.3 Å². The minimum Gasteiger partial charge on any atom is -0.480 e. The van der Waals surface area contributed by atoms with Gasteiger partial charge in [0.1, 0.15) is 0 Å². The van der Waals surface area contributed by atoms with Crippen LogP contribution in [0.4, 0.5) is 0 Å². The molecule has 2 atom stereocenters. The first kappa shape index (κ1) is 12.0. The predicted octanol–water partition coefficient (Wildman–Crippen LogP) is 1.99. The largest absolute Gasteiger partial charge is 0.480 e. The second kappa shape index (κ2) is 4.21. The number of hydrogen-bond acceptors (Lipinski definition) is 2. The van der Waals surface area contributed by atoms with Crippen LogP contribution >= 0.6 is 0 Å². The van der Waals surface area contributed by atoms with E-state index in [-0.39, 0.29) is 12.3 Å². The summed E-state index contributed by atoms with van der Waals surface area (Å²) in [6.07, 6.45) is 2.27. The zero-order valence-corrected chi connectivity index (χ0v) is 9.19. The number of rotatable bonds is 3. The van der Waals surface area contributed by atoms with Gasteiger partial charge in [0.05, 0.1) is 0 Å². The maximum Gasteiger partial charge on any atom is 0.321 e. The molecule has 0 aromatic rings. The Balaban J connectivity index is 3.04. The first-order chi connectivity index (χ1) is 6.95. The third kappa shape index (κ3) is 1.85. The normalized spacial score (nSPS) is 29.7. The highest BCUT2D eigenvalue weighted by Crippen LogP contribution is 2.45. The lowest BCUT2D eigenvalue weighted by molar-refractivity contribution is -0.173. The van der Waals surface area contributed by atoms with Gasteiger partial charge in [-0.25, -0.2) is 0 Å². The Morgan fingerprint density at radius 3 is 2.27 bits per heavy atom. The summed E-state index contributed by atoms with van der Waals surface area (Å²) in [5, 5.41) is 18.3. The Hall–Kier alpha value is -1.06. The quantitative estimate of drug-likeness (QED) is 0.704. The van der Waals surface area contributed by atoms with Crippen LogP contribution in [-0.4, -0.2) is 22.2 Å². The smallest absolute Gasteiger partial charge is 0.321 e. The van der Waals surface area contributed by atoms with Crippen molar-refractivity contribution in [2.45, 2.75) is 39.5 Å². The van der Waals surface area contributed by atoms with E-state index in [1.165, 1.54) is 0 Å². The van der Waals surface area contributed by atoms with E-state index in [1.54, 1.807) is 0 Å². The third-order valence-electron chi connectivity index (χ3n) is 3.67. The van der Waals surface area contributed by atoms with Gasteiger partial charge in [-0.15, -0.1) is 0 Å². The van der Waals surface area contributed by atoms with E-state index in [9.17, 15) is 9.59 Å². The Morgan fingerprint density at radius 1 is 1.33 bits per heavy atom. The van der Waals surface area contributed by atoms with E-state index in [0.717, 1.165) is 0 Å². The Labute approximate surface area is 89.3 Å². The minimum atomic E-state index is -1.54. The molecule has 1 aliphatic rings. The fourth-order valence-corrected chi connectivity index (χ4v) is 2.65. The van der Waals surface area contributed by atoms with Gasteiger partial charge < -0.3 is 10.2 Å². The first-order valence-electron chi connectivity index (χ1n) is 5.42. The number of carboxylic acid groups (broad SMARTS) is 2. The molecule has 2 unspecified atom stereocenters. The van der Waals surface area contributed by atoms with Crippen LogP contribution < -0.4 is 0 Å². The fourth-order valence-electron chi connectivity index (χ4n) is 2.65. The average Bonchev–Trinajstić information content (AvgIpc) is 2.16. The van der Waals surface area contributed by atoms with Gasteiger partial charge in [-0.2, -0.15) is 0 Å². The van der Waals surface area contributed by atoms with E-state index >= 15 is 0 Å². The van der Waals surface area contributed by atoms with Crippen LogP contribution in [0.5, 0.6) is 0 Å². The highest BCUT2D eigenvalue weighted by molar-refractivity contribution is 5.98. The molecule has 0 heterocycles. The van der Waals surface area contributed by atoms with Crippen molar-refractivity contribution < 1.29 is 19.8 Å². The molecule has 0 aromatic carbocycles. The van der Waals surface area contributed by atoms with Gasteiger partial charge in [0.2, 0.25) is 0 Å². The lowest BCUT2D eigenvalue weighted by Crippen LogP contribution is -2.48. The van der Waals surface area contributed by atoms with Crippen molar-refractivity contribution in [1.29, 1.82) is 0 Å². The molecule has 1 saturated carbocycles. The lowest BCUT2D eigenvalue weighted by atomic mass is 9.62. The molecule has 1 aliphatic carbocycles. The summed E-state index contributed by atoms with van der Waals surface area (Å²) in [6, 6.07) is 0. The standard InChI is InChI=1S/C11H18O4/c1-3-8-6-7(2)4-5-11(8,9(12)13)10(14)15/h7-8H,3-6H2,1-2H3,(H,12,13)(H,14,15). The maximum absolute atomic E-state index is 11.2. The highest BCUT2D eigenvalue weighted by Gasteiger charge is 2.54. The lowest BCUT2D eigenvalue weighted by Gasteiger charge is -2.39. The summed E-state index contributed by atoms with van der Waals surface area (Å²) < 4.78 is 0. The molecule has 4 nitrogen and oxygen atoms in total. The minimum absolute atomic E-state index is 0.240. The summed E-state index contributed by atoms with van der Waals surface area (Å²) >= 11 is 0. The second-order valence-corrected chi connectivity index (χ2v) is 4.57. The van der Waals surface area contributed by atoms with Crippen molar-refractivity contribution >= 4 is 11.9 Å². The van der Waals surface area contributed by atoms with Crippen LogP contribution in [-0.2, 0) is 9.59 Å². The van der Waals surface area contributed by atoms with Crippen LogP contribution in [0.3, 0.4) is 0 Å². The SMILES string of the molecule is CCC1CC(C)CCC1(C(=O)O)C(=O)O. The van der Waals surface area contributed by atoms with Crippen molar-refractivity contribution in [2.75, 3.05) is 0 Å². The molecule has 4 heteroatoms. The average molecular weight is 214 g/mol. The number of hydrogen-bond donors (Lipinski definition) is 2. The second-order valence-electron chi connectivity index (χ2n) is 4.57. The van der Waals surface area contributed by atoms with E-state index in [1.807, 2.05) is 6.92 Å². The molecular formula is C11H18O4. The Morgan fingerprint density at radius 2 is 1.87 bits per heavy atom. The van der Waals surface area contributed by atoms with E-state index in [4.69, 9.17) is 10.2 Å². The number of aliphatic carboxylic acids is 2. The maximum atomic E-state index is 11.2. The molecule has 1 fully saturated rings. The zero-order chi connectivity index (χ0) is 11.6. The molecule has 0 aliphatic heterocycles. The zero-order valence-electron chi connectivity index (χ0n) is 9.19. The predicted molar refractivity (Wildman–Crippen MR) is 54.5 cm³/mol. The van der Waals surface area contributed by atoms with Gasteiger partial charge in [0, 0.05) is 0 Å². The summed E-state index contributed by atoms with van der Waals surface area (Å²) in [5.41, 5.74) is -1.54. The van der Waals surface area contributed by atoms with Crippen LogP contribution in [0.25, 0.3) is 0 Å². The third-order valence-corrected chi connectivity index (χ3v) is 3.67. The molecule has 15 heavy (non-hydrogen) atoms. The molecule has 1 rings (SSSR count). The molecule has 0 saturated heterocycles. The van der Waals surface area contributed by atoms with Gasteiger partial charge in [-0.1, -0.05) is 20.3 Å². The van der Waals surface area contributed by atoms with E-state index in [0.29, 0.717) is 25.2 Å². The first-order valence-corrected chi connectivity index (χ1v) is 5.42. The van der Waals surface area contributed by atoms with Crippen molar-refractivity contribution in [3.05, 3.63) is 0 Å². The molecule has 86 valence electrons. The number of carbonyl (C=O) groups is 2. The van der Waals surface area contributed by atoms with Crippen LogP contribution in [0.2, 0.25) is 0 Å². The van der Waals surface area contributed by atoms with Crippen molar-refractivity contribution in [3.8, 4) is 0 Å². The summed E-state index contributed by atoms with van der Waals surface area (Å²) in [4.78, 5) is 22.4. The summed E-state index contributed by atoms with van der Waals surface area (Å²) in [6.45, 7) is 3.92. The Kier molecular flexibility index (Phi) is 3.37. The molecule has 0 bridgehead atoms.